The third kappa shape index (κ3) is 2.41. The average Bonchev–Trinajstić information content (AvgIpc) is 2.57. The van der Waals surface area contributed by atoms with E-state index in [1.807, 2.05) is 12.1 Å². The highest BCUT2D eigenvalue weighted by molar-refractivity contribution is 5.84. The zero-order valence-electron chi connectivity index (χ0n) is 7.96. The van der Waals surface area contributed by atoms with Gasteiger partial charge in [-0.05, 0) is 12.1 Å². The molecular weight excluding hydrogens is 169 g/mol. The molecule has 0 bridgehead atoms. The van der Waals surface area contributed by atoms with Crippen LogP contribution in [0.25, 0.3) is 0 Å². The van der Waals surface area contributed by atoms with Crippen LogP contribution in [0.2, 0.25) is 0 Å². The third-order valence-corrected chi connectivity index (χ3v) is 2.08. The molecule has 0 aliphatic heterocycles. The number of ketones is 1. The van der Waals surface area contributed by atoms with Crippen molar-refractivity contribution < 1.29 is 9.18 Å². The third-order valence-electron chi connectivity index (χ3n) is 2.08. The summed E-state index contributed by atoms with van der Waals surface area (Å²) in [5.74, 6) is -0.0776. The maximum Gasteiger partial charge on any atom is 0.160 e. The Bertz CT molecular complexity index is 277. The number of Topliss-reactive ketones (excluding diaryl/α,β-unsaturated/α-hetero) is 1. The number of nitrogens with zero attached hydrogens (tertiary/aromatic N) is 1. The van der Waals surface area contributed by atoms with Crippen LogP contribution in [0.4, 0.5) is 4.39 Å². The molecule has 0 atom stereocenters. The van der Waals surface area contributed by atoms with E-state index in [0.29, 0.717) is 0 Å². The van der Waals surface area contributed by atoms with Crippen LogP contribution in [-0.2, 0) is 11.3 Å². The van der Waals surface area contributed by atoms with Crippen molar-refractivity contribution >= 4 is 5.78 Å². The van der Waals surface area contributed by atoms with Crippen LogP contribution in [0.1, 0.15) is 13.8 Å². The molecule has 0 unspecified atom stereocenters. The molecule has 1 aromatic heterocycles. The van der Waals surface area contributed by atoms with Gasteiger partial charge in [-0.1, -0.05) is 13.8 Å². The van der Waals surface area contributed by atoms with Gasteiger partial charge in [0.15, 0.2) is 5.78 Å². The molecule has 1 aromatic rings. The van der Waals surface area contributed by atoms with E-state index in [2.05, 4.69) is 0 Å². The molecule has 0 saturated carbocycles. The molecule has 0 spiro atoms. The van der Waals surface area contributed by atoms with Crippen LogP contribution in [-0.4, -0.2) is 17.0 Å². The maximum absolute atomic E-state index is 12.4. The van der Waals surface area contributed by atoms with Crippen molar-refractivity contribution in [3.8, 4) is 0 Å². The SMILES string of the molecule is CC(C)(CF)C(=O)Cn1cccc1. The van der Waals surface area contributed by atoms with Crippen LogP contribution in [0, 0.1) is 5.41 Å². The summed E-state index contributed by atoms with van der Waals surface area (Å²) in [7, 11) is 0. The average molecular weight is 183 g/mol. The van der Waals surface area contributed by atoms with Gasteiger partial charge in [0, 0.05) is 12.4 Å². The lowest BCUT2D eigenvalue weighted by atomic mass is 9.90. The Morgan fingerprint density at radius 3 is 2.38 bits per heavy atom. The van der Waals surface area contributed by atoms with Gasteiger partial charge < -0.3 is 4.57 Å². The minimum atomic E-state index is -0.857. The quantitative estimate of drug-likeness (QED) is 0.700. The van der Waals surface area contributed by atoms with Crippen LogP contribution >= 0.6 is 0 Å². The minimum absolute atomic E-state index is 0.0776. The molecule has 0 aromatic carbocycles. The minimum Gasteiger partial charge on any atom is -0.347 e. The predicted octanol–water partition coefficient (Wildman–Crippen LogP) is 2.05. The Morgan fingerprint density at radius 2 is 1.92 bits per heavy atom. The van der Waals surface area contributed by atoms with Gasteiger partial charge in [0.2, 0.25) is 0 Å². The molecule has 1 rings (SSSR count). The van der Waals surface area contributed by atoms with Crippen LogP contribution in [0.3, 0.4) is 0 Å². The molecule has 3 heteroatoms. The summed E-state index contributed by atoms with van der Waals surface area (Å²) in [5, 5.41) is 0. The van der Waals surface area contributed by atoms with Gasteiger partial charge >= 0.3 is 0 Å². The summed E-state index contributed by atoms with van der Waals surface area (Å²) >= 11 is 0. The van der Waals surface area contributed by atoms with E-state index >= 15 is 0 Å². The molecule has 0 fully saturated rings. The van der Waals surface area contributed by atoms with Gasteiger partial charge in [-0.15, -0.1) is 0 Å². The molecule has 13 heavy (non-hydrogen) atoms. The number of halogens is 1. The number of hydrogen-bond acceptors (Lipinski definition) is 1. The lowest BCUT2D eigenvalue weighted by Crippen LogP contribution is -2.29. The van der Waals surface area contributed by atoms with Crippen LogP contribution in [0.5, 0.6) is 0 Å². The first kappa shape index (κ1) is 9.96. The number of alkyl halides is 1. The molecule has 0 aliphatic carbocycles. The lowest BCUT2D eigenvalue weighted by molar-refractivity contribution is -0.128. The van der Waals surface area contributed by atoms with Crippen molar-refractivity contribution in [1.82, 2.24) is 4.57 Å². The Hall–Kier alpha value is -1.12. The number of carbonyl (C=O) groups is 1. The van der Waals surface area contributed by atoms with E-state index < -0.39 is 12.1 Å². The highest BCUT2D eigenvalue weighted by Crippen LogP contribution is 2.17. The molecule has 0 radical (unpaired) electrons. The summed E-state index contributed by atoms with van der Waals surface area (Å²) < 4.78 is 14.2. The molecule has 2 nitrogen and oxygen atoms in total. The second kappa shape index (κ2) is 3.73. The Labute approximate surface area is 77.4 Å². The Balaban J connectivity index is 2.61. The van der Waals surface area contributed by atoms with E-state index in [4.69, 9.17) is 0 Å². The van der Waals surface area contributed by atoms with E-state index in [9.17, 15) is 9.18 Å². The van der Waals surface area contributed by atoms with Crippen molar-refractivity contribution in [3.05, 3.63) is 24.5 Å². The first-order valence-electron chi connectivity index (χ1n) is 4.26. The van der Waals surface area contributed by atoms with Crippen LogP contribution < -0.4 is 0 Å². The fraction of sp³-hybridized carbons (Fsp3) is 0.500. The first-order chi connectivity index (χ1) is 6.06. The highest BCUT2D eigenvalue weighted by atomic mass is 19.1. The molecule has 1 heterocycles. The largest absolute Gasteiger partial charge is 0.347 e. The highest BCUT2D eigenvalue weighted by Gasteiger charge is 2.26. The zero-order valence-corrected chi connectivity index (χ0v) is 7.96. The van der Waals surface area contributed by atoms with E-state index in [1.54, 1.807) is 30.8 Å². The molecular formula is C10H14FNO. The summed E-state index contributed by atoms with van der Waals surface area (Å²) in [4.78, 5) is 11.5. The maximum atomic E-state index is 12.4. The van der Waals surface area contributed by atoms with E-state index in [0.717, 1.165) is 0 Å². The molecule has 0 aliphatic rings. The Kier molecular flexibility index (Phi) is 2.86. The van der Waals surface area contributed by atoms with Gasteiger partial charge in [0.05, 0.1) is 12.0 Å². The molecule has 0 amide bonds. The summed E-state index contributed by atoms with van der Waals surface area (Å²) in [5.41, 5.74) is -0.857. The number of rotatable bonds is 4. The molecule has 0 N–H and O–H groups in total. The topological polar surface area (TPSA) is 22.0 Å². The number of carbonyl (C=O) groups excluding carboxylic acids is 1. The monoisotopic (exact) mass is 183 g/mol. The standard InChI is InChI=1S/C10H14FNO/c1-10(2,8-11)9(13)7-12-5-3-4-6-12/h3-6H,7-8H2,1-2H3. The normalized spacial score (nSPS) is 11.6. The summed E-state index contributed by atoms with van der Waals surface area (Å²) in [6, 6.07) is 3.69. The molecule has 72 valence electrons. The fourth-order valence-electron chi connectivity index (χ4n) is 0.930. The number of aromatic nitrogens is 1. The second-order valence-electron chi connectivity index (χ2n) is 3.80. The first-order valence-corrected chi connectivity index (χ1v) is 4.26. The summed E-state index contributed by atoms with van der Waals surface area (Å²) in [6.45, 7) is 2.90. The number of hydrogen-bond donors (Lipinski definition) is 0. The van der Waals surface area contributed by atoms with Crippen molar-refractivity contribution in [3.63, 3.8) is 0 Å². The smallest absolute Gasteiger partial charge is 0.160 e. The van der Waals surface area contributed by atoms with Crippen LogP contribution in [0.15, 0.2) is 24.5 Å². The second-order valence-corrected chi connectivity index (χ2v) is 3.80. The fourth-order valence-corrected chi connectivity index (χ4v) is 0.930. The lowest BCUT2D eigenvalue weighted by Gasteiger charge is -2.18. The van der Waals surface area contributed by atoms with Gasteiger partial charge in [-0.25, -0.2) is 0 Å². The predicted molar refractivity (Wildman–Crippen MR) is 49.2 cm³/mol. The van der Waals surface area contributed by atoms with Gasteiger partial charge in [-0.3, -0.25) is 9.18 Å². The van der Waals surface area contributed by atoms with Gasteiger partial charge in [0.25, 0.3) is 0 Å². The van der Waals surface area contributed by atoms with Gasteiger partial charge in [-0.2, -0.15) is 0 Å². The Morgan fingerprint density at radius 1 is 1.38 bits per heavy atom. The van der Waals surface area contributed by atoms with Crippen molar-refractivity contribution in [2.45, 2.75) is 20.4 Å². The van der Waals surface area contributed by atoms with E-state index in [1.165, 1.54) is 0 Å². The van der Waals surface area contributed by atoms with Crippen molar-refractivity contribution in [2.75, 3.05) is 6.67 Å². The van der Waals surface area contributed by atoms with Crippen molar-refractivity contribution in [1.29, 1.82) is 0 Å². The molecule has 0 saturated heterocycles. The van der Waals surface area contributed by atoms with Gasteiger partial charge in [0.1, 0.15) is 6.67 Å². The summed E-state index contributed by atoms with van der Waals surface area (Å²) in [6.07, 6.45) is 3.60. The van der Waals surface area contributed by atoms with Crippen molar-refractivity contribution in [2.24, 2.45) is 5.41 Å². The van der Waals surface area contributed by atoms with E-state index in [-0.39, 0.29) is 12.3 Å². The zero-order chi connectivity index (χ0) is 9.90.